The maximum absolute atomic E-state index is 12.2. The quantitative estimate of drug-likeness (QED) is 0.706. The van der Waals surface area contributed by atoms with Gasteiger partial charge in [-0.15, -0.1) is 0 Å². The number of fused-ring (bicyclic) bond motifs is 1. The monoisotopic (exact) mass is 393 g/mol. The van der Waals surface area contributed by atoms with Crippen molar-refractivity contribution in [2.75, 3.05) is 5.32 Å². The molecule has 1 unspecified atom stereocenters. The fourth-order valence-corrected chi connectivity index (χ4v) is 3.91. The second-order valence-electron chi connectivity index (χ2n) is 7.54. The highest BCUT2D eigenvalue weighted by Crippen LogP contribution is 2.39. The summed E-state index contributed by atoms with van der Waals surface area (Å²) in [5.41, 5.74) is 3.15. The fraction of sp³-hybridized carbons (Fsp3) is 0.333. The molecule has 7 heteroatoms. The minimum Gasteiger partial charge on any atom is -0.310 e. The number of nitrogens with one attached hydrogen (secondary N) is 1. The van der Waals surface area contributed by atoms with Crippen molar-refractivity contribution < 1.29 is 4.79 Å². The van der Waals surface area contributed by atoms with Crippen molar-refractivity contribution in [2.45, 2.75) is 26.2 Å². The van der Waals surface area contributed by atoms with Gasteiger partial charge in [-0.25, -0.2) is 4.98 Å². The van der Waals surface area contributed by atoms with E-state index in [1.54, 1.807) is 6.20 Å². The highest BCUT2D eigenvalue weighted by Gasteiger charge is 2.43. The number of pyridine rings is 1. The van der Waals surface area contributed by atoms with Crippen LogP contribution in [0.15, 0.2) is 30.6 Å². The Morgan fingerprint density at radius 1 is 1.36 bits per heavy atom. The predicted octanol–water partition coefficient (Wildman–Crippen LogP) is 4.51. The van der Waals surface area contributed by atoms with Gasteiger partial charge in [0.1, 0.15) is 5.82 Å². The van der Waals surface area contributed by atoms with Crippen molar-refractivity contribution in [1.29, 1.82) is 5.26 Å². The zero-order valence-corrected chi connectivity index (χ0v) is 16.7. The molecule has 1 aromatic carbocycles. The lowest BCUT2D eigenvalue weighted by molar-refractivity contribution is -0.117. The van der Waals surface area contributed by atoms with Crippen LogP contribution < -0.4 is 5.32 Å². The molecular formula is C21H20ClN5O. The number of nitrogens with zero attached hydrogens (tertiary/aromatic N) is 4. The molecule has 6 nitrogen and oxygen atoms in total. The van der Waals surface area contributed by atoms with E-state index in [1.807, 2.05) is 36.1 Å². The molecule has 2 atom stereocenters. The number of aromatic nitrogens is 3. The van der Waals surface area contributed by atoms with Crippen LogP contribution in [0.2, 0.25) is 5.02 Å². The number of hydrogen-bond donors (Lipinski definition) is 1. The second-order valence-corrected chi connectivity index (χ2v) is 7.94. The van der Waals surface area contributed by atoms with Crippen LogP contribution in [0.1, 0.15) is 31.9 Å². The summed E-state index contributed by atoms with van der Waals surface area (Å²) in [6, 6.07) is 7.91. The first-order valence-corrected chi connectivity index (χ1v) is 9.59. The third-order valence-corrected chi connectivity index (χ3v) is 5.49. The molecule has 1 saturated carbocycles. The Kier molecular flexibility index (Phi) is 4.56. The molecule has 4 rings (SSSR count). The third-order valence-electron chi connectivity index (χ3n) is 5.17. The largest absolute Gasteiger partial charge is 0.310 e. The van der Waals surface area contributed by atoms with Crippen LogP contribution in [0.25, 0.3) is 21.9 Å². The molecular weight excluding hydrogens is 374 g/mol. The summed E-state index contributed by atoms with van der Waals surface area (Å²) in [4.78, 5) is 16.5. The number of benzene rings is 1. The van der Waals surface area contributed by atoms with Crippen LogP contribution in [0.5, 0.6) is 0 Å². The molecule has 28 heavy (non-hydrogen) atoms. The number of hydrogen-bond acceptors (Lipinski definition) is 4. The van der Waals surface area contributed by atoms with Crippen molar-refractivity contribution in [1.82, 2.24) is 14.8 Å². The highest BCUT2D eigenvalue weighted by molar-refractivity contribution is 6.36. The molecule has 0 spiro atoms. The number of amides is 1. The smallest absolute Gasteiger partial charge is 0.230 e. The molecule has 0 radical (unpaired) electrons. The van der Waals surface area contributed by atoms with Crippen LogP contribution in [0.4, 0.5) is 5.82 Å². The predicted molar refractivity (Wildman–Crippen MR) is 109 cm³/mol. The summed E-state index contributed by atoms with van der Waals surface area (Å²) in [7, 11) is 1.94. The maximum Gasteiger partial charge on any atom is 0.230 e. The standard InChI is InChI=1S/C21H20ClN5O/c1-11(2)20-17(10-25-27(20)3)12-4-13-7-19(24-9-16(13)18(22)6-12)26-21(28)15-5-14(15)8-23/h4,6-7,9-11,14-15H,5H2,1-3H3,(H,24,26,28)/t14?,15-/m1/s1. The van der Waals surface area contributed by atoms with Gasteiger partial charge in [-0.3, -0.25) is 9.48 Å². The van der Waals surface area contributed by atoms with E-state index in [2.05, 4.69) is 35.3 Å². The van der Waals surface area contributed by atoms with Gasteiger partial charge in [0, 0.05) is 29.9 Å². The number of anilines is 1. The van der Waals surface area contributed by atoms with Crippen molar-refractivity contribution in [2.24, 2.45) is 18.9 Å². The van der Waals surface area contributed by atoms with E-state index in [0.717, 1.165) is 27.6 Å². The van der Waals surface area contributed by atoms with E-state index in [4.69, 9.17) is 16.9 Å². The lowest BCUT2D eigenvalue weighted by Gasteiger charge is -2.12. The molecule has 2 aromatic heterocycles. The first-order chi connectivity index (χ1) is 13.4. The zero-order valence-electron chi connectivity index (χ0n) is 15.9. The van der Waals surface area contributed by atoms with Gasteiger partial charge in [0.15, 0.2) is 0 Å². The Balaban J connectivity index is 1.71. The Bertz CT molecular complexity index is 1130. The SMILES string of the molecule is CC(C)c1c(-c2cc(Cl)c3cnc(NC(=O)[C@@H]4CC4C#N)cc3c2)cnn1C. The van der Waals surface area contributed by atoms with Crippen LogP contribution in [-0.2, 0) is 11.8 Å². The maximum atomic E-state index is 12.2. The minimum atomic E-state index is -0.235. The summed E-state index contributed by atoms with van der Waals surface area (Å²) >= 11 is 6.52. The van der Waals surface area contributed by atoms with Gasteiger partial charge in [0.05, 0.1) is 29.1 Å². The van der Waals surface area contributed by atoms with Crippen molar-refractivity contribution in [3.05, 3.63) is 41.3 Å². The summed E-state index contributed by atoms with van der Waals surface area (Å²) in [6.45, 7) is 4.26. The van der Waals surface area contributed by atoms with E-state index in [1.165, 1.54) is 0 Å². The van der Waals surface area contributed by atoms with Gasteiger partial charge in [0.2, 0.25) is 5.91 Å². The molecule has 1 N–H and O–H groups in total. The minimum absolute atomic E-state index is 0.157. The summed E-state index contributed by atoms with van der Waals surface area (Å²) in [6.07, 6.45) is 4.13. The van der Waals surface area contributed by atoms with Crippen LogP contribution in [0, 0.1) is 23.2 Å². The van der Waals surface area contributed by atoms with Gasteiger partial charge in [-0.2, -0.15) is 10.4 Å². The van der Waals surface area contributed by atoms with Crippen LogP contribution in [-0.4, -0.2) is 20.7 Å². The van der Waals surface area contributed by atoms with E-state index in [9.17, 15) is 4.79 Å². The molecule has 1 aliphatic carbocycles. The molecule has 3 aromatic rings. The summed E-state index contributed by atoms with van der Waals surface area (Å²) < 4.78 is 1.89. The Hall–Kier alpha value is -2.91. The number of nitriles is 1. The summed E-state index contributed by atoms with van der Waals surface area (Å²) in [5.74, 6) is 0.207. The molecule has 2 heterocycles. The molecule has 1 aliphatic rings. The van der Waals surface area contributed by atoms with E-state index in [-0.39, 0.29) is 17.7 Å². The average Bonchev–Trinajstić information content (AvgIpc) is 3.35. The first-order valence-electron chi connectivity index (χ1n) is 9.21. The lowest BCUT2D eigenvalue weighted by atomic mass is 9.98. The number of rotatable bonds is 4. The van der Waals surface area contributed by atoms with Crippen molar-refractivity contribution >= 4 is 34.1 Å². The fourth-order valence-electron chi connectivity index (χ4n) is 3.64. The third kappa shape index (κ3) is 3.23. The zero-order chi connectivity index (χ0) is 20.0. The first kappa shape index (κ1) is 18.5. The van der Waals surface area contributed by atoms with E-state index in [0.29, 0.717) is 23.2 Å². The Labute approximate surface area is 168 Å². The molecule has 0 aliphatic heterocycles. The Morgan fingerprint density at radius 2 is 2.14 bits per heavy atom. The molecule has 142 valence electrons. The Morgan fingerprint density at radius 3 is 2.82 bits per heavy atom. The van der Waals surface area contributed by atoms with Gasteiger partial charge in [-0.05, 0) is 41.5 Å². The number of halogens is 1. The van der Waals surface area contributed by atoms with Crippen LogP contribution in [0.3, 0.4) is 0 Å². The number of carbonyl (C=O) groups excluding carboxylic acids is 1. The van der Waals surface area contributed by atoms with Gasteiger partial charge < -0.3 is 5.32 Å². The molecule has 1 amide bonds. The van der Waals surface area contributed by atoms with Gasteiger partial charge in [-0.1, -0.05) is 25.4 Å². The molecule has 0 saturated heterocycles. The molecule has 0 bridgehead atoms. The number of carbonyl (C=O) groups is 1. The normalized spacial score (nSPS) is 18.3. The molecule has 1 fully saturated rings. The van der Waals surface area contributed by atoms with Gasteiger partial charge in [0.25, 0.3) is 0 Å². The summed E-state index contributed by atoms with van der Waals surface area (Å²) in [5, 5.41) is 18.4. The van der Waals surface area contributed by atoms with Gasteiger partial charge >= 0.3 is 0 Å². The topological polar surface area (TPSA) is 83.6 Å². The van der Waals surface area contributed by atoms with E-state index >= 15 is 0 Å². The average molecular weight is 394 g/mol. The van der Waals surface area contributed by atoms with Crippen molar-refractivity contribution in [3.63, 3.8) is 0 Å². The highest BCUT2D eigenvalue weighted by atomic mass is 35.5. The lowest BCUT2D eigenvalue weighted by Crippen LogP contribution is -2.15. The van der Waals surface area contributed by atoms with Crippen molar-refractivity contribution in [3.8, 4) is 17.2 Å². The second kappa shape index (κ2) is 6.92. The van der Waals surface area contributed by atoms with Crippen LogP contribution >= 0.6 is 11.6 Å². The number of aryl methyl sites for hydroxylation is 1. The van der Waals surface area contributed by atoms with E-state index < -0.39 is 0 Å².